The Labute approximate surface area is 293 Å². The molecule has 5 heteroatoms. The molecule has 0 aromatic heterocycles. The molecule has 1 unspecified atom stereocenters. The van der Waals surface area contributed by atoms with E-state index < -0.39 is 6.10 Å². The first-order valence-corrected chi connectivity index (χ1v) is 21.2. The Kier molecular flexibility index (Phi) is 36.8. The zero-order valence-corrected chi connectivity index (χ0v) is 32.1. The molecule has 0 aliphatic rings. The number of ether oxygens (including phenoxy) is 1. The molecule has 0 bridgehead atoms. The number of amides is 1. The van der Waals surface area contributed by atoms with Crippen molar-refractivity contribution in [2.45, 2.75) is 251 Å². The Morgan fingerprint density at radius 2 is 0.830 bits per heavy atom. The number of esters is 1. The SMILES string of the molecule is CCCCCCCCCCCCCC(=O)NC(CCCCCCCCC)CC[C@@H](CO)OC(=O)CCCCCCCCCCCCC. The average Bonchev–Trinajstić information content (AvgIpc) is 3.07. The van der Waals surface area contributed by atoms with Crippen molar-refractivity contribution < 1.29 is 19.4 Å². The normalized spacial score (nSPS) is 12.7. The van der Waals surface area contributed by atoms with Crippen molar-refractivity contribution in [1.82, 2.24) is 5.32 Å². The highest BCUT2D eigenvalue weighted by Crippen LogP contribution is 2.17. The molecule has 0 radical (unpaired) electrons. The van der Waals surface area contributed by atoms with Crippen LogP contribution in [0.4, 0.5) is 0 Å². The third-order valence-electron chi connectivity index (χ3n) is 9.85. The summed E-state index contributed by atoms with van der Waals surface area (Å²) >= 11 is 0. The van der Waals surface area contributed by atoms with Gasteiger partial charge < -0.3 is 15.2 Å². The van der Waals surface area contributed by atoms with Gasteiger partial charge in [0.15, 0.2) is 0 Å². The minimum atomic E-state index is -0.477. The summed E-state index contributed by atoms with van der Waals surface area (Å²) in [5.74, 6) is -0.0351. The lowest BCUT2D eigenvalue weighted by molar-refractivity contribution is -0.151. The molecular weight excluding hydrogens is 582 g/mol. The predicted molar refractivity (Wildman–Crippen MR) is 203 cm³/mol. The van der Waals surface area contributed by atoms with Crippen LogP contribution < -0.4 is 5.32 Å². The van der Waals surface area contributed by atoms with Gasteiger partial charge >= 0.3 is 5.97 Å². The quantitative estimate of drug-likeness (QED) is 0.0508. The van der Waals surface area contributed by atoms with Gasteiger partial charge in [-0.25, -0.2) is 0 Å². The highest BCUT2D eigenvalue weighted by molar-refractivity contribution is 5.76. The number of carbonyl (C=O) groups excluding carboxylic acids is 2. The number of aliphatic hydroxyl groups excluding tert-OH is 1. The number of hydrogen-bond acceptors (Lipinski definition) is 4. The molecule has 2 atom stereocenters. The molecule has 0 rings (SSSR count). The lowest BCUT2D eigenvalue weighted by Crippen LogP contribution is -2.36. The van der Waals surface area contributed by atoms with E-state index >= 15 is 0 Å². The van der Waals surface area contributed by atoms with Crippen LogP contribution in [0.2, 0.25) is 0 Å². The number of aliphatic hydroxyl groups is 1. The molecule has 5 nitrogen and oxygen atoms in total. The lowest BCUT2D eigenvalue weighted by Gasteiger charge is -2.22. The number of unbranched alkanes of at least 4 members (excludes halogenated alkanes) is 26. The average molecular weight is 666 g/mol. The molecule has 280 valence electrons. The zero-order valence-electron chi connectivity index (χ0n) is 32.1. The summed E-state index contributed by atoms with van der Waals surface area (Å²) < 4.78 is 5.67. The number of rotatable bonds is 38. The molecule has 0 aliphatic heterocycles. The number of nitrogens with one attached hydrogen (secondary N) is 1. The van der Waals surface area contributed by atoms with Crippen molar-refractivity contribution in [3.05, 3.63) is 0 Å². The third kappa shape index (κ3) is 34.6. The first kappa shape index (κ1) is 45.9. The van der Waals surface area contributed by atoms with Gasteiger partial charge in [0, 0.05) is 18.9 Å². The minimum absolute atomic E-state index is 0.0882. The summed E-state index contributed by atoms with van der Waals surface area (Å²) in [4.78, 5) is 25.3. The fourth-order valence-electron chi connectivity index (χ4n) is 6.64. The molecule has 0 spiro atoms. The van der Waals surface area contributed by atoms with Gasteiger partial charge in [0.2, 0.25) is 5.91 Å². The molecule has 47 heavy (non-hydrogen) atoms. The monoisotopic (exact) mass is 666 g/mol. The van der Waals surface area contributed by atoms with E-state index in [0.29, 0.717) is 19.3 Å². The molecule has 1 amide bonds. The van der Waals surface area contributed by atoms with Crippen molar-refractivity contribution in [3.8, 4) is 0 Å². The second kappa shape index (κ2) is 37.7. The van der Waals surface area contributed by atoms with Crippen molar-refractivity contribution in [1.29, 1.82) is 0 Å². The van der Waals surface area contributed by atoms with Crippen molar-refractivity contribution >= 4 is 11.9 Å². The van der Waals surface area contributed by atoms with E-state index in [1.165, 1.54) is 154 Å². The summed E-state index contributed by atoms with van der Waals surface area (Å²) in [7, 11) is 0. The standard InChI is InChI=1S/C42H83NO4/c1-4-7-10-13-16-18-20-22-25-28-31-34-41(45)43-39(33-30-27-24-15-12-9-6-3)36-37-40(38-44)47-42(46)35-32-29-26-23-21-19-17-14-11-8-5-2/h39-40,44H,4-38H2,1-3H3,(H,43,45)/t39?,40-/m0/s1. The molecule has 2 N–H and O–H groups in total. The summed E-state index contributed by atoms with van der Waals surface area (Å²) in [6.45, 7) is 6.63. The fraction of sp³-hybridized carbons (Fsp3) is 0.952. The Balaban J connectivity index is 4.32. The molecule has 0 aromatic rings. The van der Waals surface area contributed by atoms with E-state index in [2.05, 4.69) is 26.1 Å². The molecule has 0 fully saturated rings. The van der Waals surface area contributed by atoms with E-state index in [1.54, 1.807) is 0 Å². The van der Waals surface area contributed by atoms with Gasteiger partial charge in [-0.2, -0.15) is 0 Å². The Morgan fingerprint density at radius 1 is 0.468 bits per heavy atom. The summed E-state index contributed by atoms with van der Waals surface area (Å²) in [5.41, 5.74) is 0. The van der Waals surface area contributed by atoms with Gasteiger partial charge in [-0.1, -0.05) is 194 Å². The first-order chi connectivity index (χ1) is 23.1. The van der Waals surface area contributed by atoms with Crippen LogP contribution >= 0.6 is 0 Å². The van der Waals surface area contributed by atoms with Crippen LogP contribution in [0.15, 0.2) is 0 Å². The Bertz CT molecular complexity index is 655. The number of carbonyl (C=O) groups is 2. The molecule has 0 saturated carbocycles. The summed E-state index contributed by atoms with van der Waals surface area (Å²) in [6, 6.07) is 0.0882. The van der Waals surface area contributed by atoms with Crippen molar-refractivity contribution in [2.75, 3.05) is 6.61 Å². The van der Waals surface area contributed by atoms with Crippen LogP contribution in [0, 0.1) is 0 Å². The topological polar surface area (TPSA) is 75.6 Å². The largest absolute Gasteiger partial charge is 0.460 e. The van der Waals surface area contributed by atoms with Gasteiger partial charge in [-0.05, 0) is 32.1 Å². The zero-order chi connectivity index (χ0) is 34.5. The lowest BCUT2D eigenvalue weighted by atomic mass is 10.00. The van der Waals surface area contributed by atoms with Crippen LogP contribution in [0.25, 0.3) is 0 Å². The van der Waals surface area contributed by atoms with Crippen LogP contribution in [0.1, 0.15) is 239 Å². The van der Waals surface area contributed by atoms with E-state index in [-0.39, 0.29) is 24.5 Å². The maximum Gasteiger partial charge on any atom is 0.306 e. The second-order valence-electron chi connectivity index (χ2n) is 14.6. The van der Waals surface area contributed by atoms with Crippen LogP contribution in [-0.2, 0) is 14.3 Å². The Hall–Kier alpha value is -1.10. The van der Waals surface area contributed by atoms with Crippen LogP contribution in [0.5, 0.6) is 0 Å². The smallest absolute Gasteiger partial charge is 0.306 e. The molecular formula is C42H83NO4. The summed E-state index contributed by atoms with van der Waals surface area (Å²) in [6.07, 6.45) is 39.5. The van der Waals surface area contributed by atoms with E-state index in [0.717, 1.165) is 44.9 Å². The van der Waals surface area contributed by atoms with Gasteiger partial charge in [-0.3, -0.25) is 9.59 Å². The van der Waals surface area contributed by atoms with Gasteiger partial charge in [0.1, 0.15) is 6.10 Å². The van der Waals surface area contributed by atoms with Crippen molar-refractivity contribution in [3.63, 3.8) is 0 Å². The van der Waals surface area contributed by atoms with E-state index in [1.807, 2.05) is 0 Å². The maximum absolute atomic E-state index is 12.9. The predicted octanol–water partition coefficient (Wildman–Crippen LogP) is 12.7. The molecule has 0 saturated heterocycles. The molecule has 0 heterocycles. The van der Waals surface area contributed by atoms with Gasteiger partial charge in [0.05, 0.1) is 6.61 Å². The van der Waals surface area contributed by atoms with E-state index in [9.17, 15) is 14.7 Å². The maximum atomic E-state index is 12.9. The molecule has 0 aromatic carbocycles. The van der Waals surface area contributed by atoms with Gasteiger partial charge in [-0.15, -0.1) is 0 Å². The third-order valence-corrected chi connectivity index (χ3v) is 9.85. The minimum Gasteiger partial charge on any atom is -0.460 e. The fourth-order valence-corrected chi connectivity index (χ4v) is 6.64. The summed E-state index contributed by atoms with van der Waals surface area (Å²) in [5, 5.41) is 13.3. The van der Waals surface area contributed by atoms with Crippen molar-refractivity contribution in [2.24, 2.45) is 0 Å². The Morgan fingerprint density at radius 3 is 1.23 bits per heavy atom. The van der Waals surface area contributed by atoms with Gasteiger partial charge in [0.25, 0.3) is 0 Å². The first-order valence-electron chi connectivity index (χ1n) is 21.2. The van der Waals surface area contributed by atoms with E-state index in [4.69, 9.17) is 4.74 Å². The highest BCUT2D eigenvalue weighted by Gasteiger charge is 2.18. The molecule has 0 aliphatic carbocycles. The highest BCUT2D eigenvalue weighted by atomic mass is 16.5. The second-order valence-corrected chi connectivity index (χ2v) is 14.6. The number of hydrogen-bond donors (Lipinski definition) is 2. The van der Waals surface area contributed by atoms with Crippen LogP contribution in [0.3, 0.4) is 0 Å². The van der Waals surface area contributed by atoms with Crippen LogP contribution in [-0.4, -0.2) is 35.7 Å².